The number of alkyl halides is 2. The normalized spacial score (nSPS) is 13.1. The number of aromatic nitrogens is 2. The van der Waals surface area contributed by atoms with Crippen LogP contribution in [0.4, 0.5) is 8.78 Å². The van der Waals surface area contributed by atoms with Crippen LogP contribution in [0.15, 0.2) is 12.3 Å². The number of nitrogens with zero attached hydrogens (tertiary/aromatic N) is 2. The molecule has 0 aliphatic rings. The molecule has 0 fully saturated rings. The summed E-state index contributed by atoms with van der Waals surface area (Å²) in [5, 5.41) is 12.0. The van der Waals surface area contributed by atoms with Crippen molar-refractivity contribution in [2.24, 2.45) is 0 Å². The average molecular weight is 204 g/mol. The van der Waals surface area contributed by atoms with Gasteiger partial charge in [-0.25, -0.2) is 8.78 Å². The lowest BCUT2D eigenvalue weighted by Gasteiger charge is -2.08. The zero-order valence-electron chi connectivity index (χ0n) is 7.52. The van der Waals surface area contributed by atoms with Crippen molar-refractivity contribution in [2.75, 3.05) is 0 Å². The van der Waals surface area contributed by atoms with Gasteiger partial charge in [-0.05, 0) is 13.0 Å². The van der Waals surface area contributed by atoms with Gasteiger partial charge in [0.05, 0.1) is 12.5 Å². The van der Waals surface area contributed by atoms with Crippen molar-refractivity contribution >= 4 is 5.97 Å². The van der Waals surface area contributed by atoms with E-state index >= 15 is 0 Å². The van der Waals surface area contributed by atoms with E-state index in [1.165, 1.54) is 16.9 Å². The van der Waals surface area contributed by atoms with Crippen molar-refractivity contribution < 1.29 is 18.7 Å². The fourth-order valence-corrected chi connectivity index (χ4v) is 1.06. The van der Waals surface area contributed by atoms with Crippen LogP contribution in [0.25, 0.3) is 0 Å². The molecule has 0 unspecified atom stereocenters. The van der Waals surface area contributed by atoms with E-state index in [4.69, 9.17) is 5.11 Å². The molecule has 0 bridgehead atoms. The predicted molar refractivity (Wildman–Crippen MR) is 44.1 cm³/mol. The zero-order valence-corrected chi connectivity index (χ0v) is 7.52. The SMILES string of the molecule is C[C@H](CC(=O)O)n1ccc(C(F)F)n1. The van der Waals surface area contributed by atoms with E-state index in [1.54, 1.807) is 6.92 Å². The van der Waals surface area contributed by atoms with Gasteiger partial charge in [0, 0.05) is 6.20 Å². The van der Waals surface area contributed by atoms with Gasteiger partial charge in [-0.1, -0.05) is 0 Å². The predicted octanol–water partition coefficient (Wildman–Crippen LogP) is 1.86. The molecule has 1 rings (SSSR count). The van der Waals surface area contributed by atoms with Gasteiger partial charge in [0.1, 0.15) is 5.69 Å². The first-order valence-electron chi connectivity index (χ1n) is 4.05. The number of carboxylic acid groups (broad SMARTS) is 1. The summed E-state index contributed by atoms with van der Waals surface area (Å²) in [7, 11) is 0. The maximum absolute atomic E-state index is 12.1. The van der Waals surface area contributed by atoms with Gasteiger partial charge in [-0.3, -0.25) is 9.48 Å². The number of carbonyl (C=O) groups is 1. The average Bonchev–Trinajstić information content (AvgIpc) is 2.50. The van der Waals surface area contributed by atoms with Crippen LogP contribution in [0.2, 0.25) is 0 Å². The molecule has 78 valence electrons. The Morgan fingerprint density at radius 1 is 1.71 bits per heavy atom. The Morgan fingerprint density at radius 2 is 2.36 bits per heavy atom. The molecule has 1 N–H and O–H groups in total. The fraction of sp³-hybridized carbons (Fsp3) is 0.500. The third kappa shape index (κ3) is 2.51. The summed E-state index contributed by atoms with van der Waals surface area (Å²) in [6, 6.07) is 0.767. The second kappa shape index (κ2) is 4.17. The van der Waals surface area contributed by atoms with Gasteiger partial charge in [0.25, 0.3) is 6.43 Å². The largest absolute Gasteiger partial charge is 0.481 e. The topological polar surface area (TPSA) is 55.1 Å². The minimum atomic E-state index is -2.62. The fourth-order valence-electron chi connectivity index (χ4n) is 1.06. The van der Waals surface area contributed by atoms with Crippen molar-refractivity contribution in [1.82, 2.24) is 9.78 Å². The Balaban J connectivity index is 2.71. The molecule has 0 spiro atoms. The summed E-state index contributed by atoms with van der Waals surface area (Å²) >= 11 is 0. The molecule has 1 aromatic rings. The minimum absolute atomic E-state index is 0.135. The van der Waals surface area contributed by atoms with Gasteiger partial charge < -0.3 is 5.11 Å². The molecule has 6 heteroatoms. The Hall–Kier alpha value is -1.46. The summed E-state index contributed by atoms with van der Waals surface area (Å²) in [6.07, 6.45) is -1.40. The monoisotopic (exact) mass is 204 g/mol. The Bertz CT molecular complexity index is 325. The maximum atomic E-state index is 12.1. The van der Waals surface area contributed by atoms with E-state index in [2.05, 4.69) is 5.10 Å². The molecule has 0 saturated carbocycles. The molecule has 1 aromatic heterocycles. The zero-order chi connectivity index (χ0) is 10.7. The highest BCUT2D eigenvalue weighted by Gasteiger charge is 2.14. The molecule has 14 heavy (non-hydrogen) atoms. The third-order valence-corrected chi connectivity index (χ3v) is 1.77. The van der Waals surface area contributed by atoms with E-state index in [1.807, 2.05) is 0 Å². The second-order valence-electron chi connectivity index (χ2n) is 2.97. The molecule has 1 heterocycles. The minimum Gasteiger partial charge on any atom is -0.481 e. The number of hydrogen-bond acceptors (Lipinski definition) is 2. The molecule has 0 aliphatic heterocycles. The number of halogens is 2. The van der Waals surface area contributed by atoms with Crippen molar-refractivity contribution in [3.8, 4) is 0 Å². The van der Waals surface area contributed by atoms with Crippen LogP contribution >= 0.6 is 0 Å². The van der Waals surface area contributed by atoms with Crippen molar-refractivity contribution in [1.29, 1.82) is 0 Å². The highest BCUT2D eigenvalue weighted by Crippen LogP contribution is 2.18. The number of hydrogen-bond donors (Lipinski definition) is 1. The first kappa shape index (κ1) is 10.6. The lowest BCUT2D eigenvalue weighted by Crippen LogP contribution is -2.11. The van der Waals surface area contributed by atoms with Gasteiger partial charge >= 0.3 is 5.97 Å². The highest BCUT2D eigenvalue weighted by molar-refractivity contribution is 5.67. The Labute approximate surface area is 79.2 Å². The molecule has 0 amide bonds. The van der Waals surface area contributed by atoms with Crippen LogP contribution in [0.3, 0.4) is 0 Å². The molecular formula is C8H10F2N2O2. The van der Waals surface area contributed by atoms with Crippen LogP contribution in [-0.4, -0.2) is 20.9 Å². The second-order valence-corrected chi connectivity index (χ2v) is 2.97. The van der Waals surface area contributed by atoms with Crippen LogP contribution in [-0.2, 0) is 4.79 Å². The third-order valence-electron chi connectivity index (χ3n) is 1.77. The van der Waals surface area contributed by atoms with Crippen LogP contribution in [0.5, 0.6) is 0 Å². The molecule has 4 nitrogen and oxygen atoms in total. The summed E-state index contributed by atoms with van der Waals surface area (Å²) in [4.78, 5) is 10.3. The number of aliphatic carboxylic acids is 1. The molecule has 0 saturated heterocycles. The Morgan fingerprint density at radius 3 is 2.79 bits per heavy atom. The lowest BCUT2D eigenvalue weighted by molar-refractivity contribution is -0.137. The van der Waals surface area contributed by atoms with Crippen molar-refractivity contribution in [2.45, 2.75) is 25.8 Å². The molecular weight excluding hydrogens is 194 g/mol. The first-order chi connectivity index (χ1) is 6.50. The number of rotatable bonds is 4. The van der Waals surface area contributed by atoms with Crippen LogP contribution in [0.1, 0.15) is 31.5 Å². The summed E-state index contributed by atoms with van der Waals surface area (Å²) in [5.41, 5.74) is -0.331. The number of carboxylic acids is 1. The molecule has 1 atom stereocenters. The van der Waals surface area contributed by atoms with Gasteiger partial charge in [-0.2, -0.15) is 5.10 Å². The smallest absolute Gasteiger partial charge is 0.305 e. The maximum Gasteiger partial charge on any atom is 0.305 e. The van der Waals surface area contributed by atoms with Gasteiger partial charge in [0.2, 0.25) is 0 Å². The van der Waals surface area contributed by atoms with Crippen molar-refractivity contribution in [3.63, 3.8) is 0 Å². The standard InChI is InChI=1S/C8H10F2N2O2/c1-5(4-7(13)14)12-3-2-6(11-12)8(9)10/h2-3,5,8H,4H2,1H3,(H,13,14)/t5-/m1/s1. The van der Waals surface area contributed by atoms with Crippen molar-refractivity contribution in [3.05, 3.63) is 18.0 Å². The first-order valence-corrected chi connectivity index (χ1v) is 4.05. The molecule has 0 radical (unpaired) electrons. The van der Waals surface area contributed by atoms with Gasteiger partial charge in [0.15, 0.2) is 0 Å². The summed E-state index contributed by atoms with van der Waals surface area (Å²) < 4.78 is 25.5. The van der Waals surface area contributed by atoms with E-state index < -0.39 is 18.4 Å². The lowest BCUT2D eigenvalue weighted by atomic mass is 10.2. The van der Waals surface area contributed by atoms with Crippen LogP contribution < -0.4 is 0 Å². The summed E-state index contributed by atoms with van der Waals surface area (Å²) in [5.74, 6) is -0.980. The molecule has 0 aliphatic carbocycles. The van der Waals surface area contributed by atoms with E-state index in [-0.39, 0.29) is 12.1 Å². The molecule has 0 aromatic carbocycles. The highest BCUT2D eigenvalue weighted by atomic mass is 19.3. The van der Waals surface area contributed by atoms with E-state index in [9.17, 15) is 13.6 Å². The van der Waals surface area contributed by atoms with E-state index in [0.717, 1.165) is 0 Å². The Kier molecular flexibility index (Phi) is 3.16. The van der Waals surface area contributed by atoms with Crippen LogP contribution in [0, 0.1) is 0 Å². The van der Waals surface area contributed by atoms with E-state index in [0.29, 0.717) is 0 Å². The van der Waals surface area contributed by atoms with Gasteiger partial charge in [-0.15, -0.1) is 0 Å². The summed E-state index contributed by atoms with van der Waals surface area (Å²) in [6.45, 7) is 1.61. The quantitative estimate of drug-likeness (QED) is 0.814.